The van der Waals surface area contributed by atoms with Crippen LogP contribution in [-0.4, -0.2) is 21.8 Å². The molecule has 0 bridgehead atoms. The number of nitrogens with zero attached hydrogens (tertiary/aromatic N) is 1. The van der Waals surface area contributed by atoms with E-state index in [-0.39, 0.29) is 11.4 Å². The molecule has 3 aromatic rings. The number of aromatic amines is 1. The minimum Gasteiger partial charge on any atom is -0.506 e. The fourth-order valence-corrected chi connectivity index (χ4v) is 2.28. The third-order valence-corrected chi connectivity index (χ3v) is 3.26. The molecule has 3 rings (SSSR count). The van der Waals surface area contributed by atoms with Crippen LogP contribution in [0.25, 0.3) is 11.0 Å². The summed E-state index contributed by atoms with van der Waals surface area (Å²) < 4.78 is 6.76. The first kappa shape index (κ1) is 12.3. The molecule has 0 aliphatic carbocycles. The lowest BCUT2D eigenvalue weighted by Gasteiger charge is -2.06. The smallest absolute Gasteiger partial charge is 0.326 e. The monoisotopic (exact) mass is 270 g/mol. The van der Waals surface area contributed by atoms with Gasteiger partial charge in [-0.3, -0.25) is 4.57 Å². The van der Waals surface area contributed by atoms with Crippen molar-refractivity contribution in [3.8, 4) is 11.5 Å². The van der Waals surface area contributed by atoms with Crippen molar-refractivity contribution in [1.82, 2.24) is 9.55 Å². The summed E-state index contributed by atoms with van der Waals surface area (Å²) in [4.78, 5) is 14.7. The highest BCUT2D eigenvalue weighted by Gasteiger charge is 2.10. The topological polar surface area (TPSA) is 67.2 Å². The van der Waals surface area contributed by atoms with Crippen LogP contribution in [0.15, 0.2) is 47.3 Å². The highest BCUT2D eigenvalue weighted by molar-refractivity contribution is 5.81. The number of hydrogen-bond acceptors (Lipinski definition) is 3. The number of imidazole rings is 1. The Morgan fingerprint density at radius 1 is 1.25 bits per heavy atom. The van der Waals surface area contributed by atoms with E-state index < -0.39 is 0 Å². The standard InChI is InChI=1S/C15H14N2O3/c1-20-11-5-2-4-10(8-11)9-17-12-6-3-7-13(18)14(12)16-15(17)19/h2-8,18H,9H2,1H3,(H,16,19). The minimum absolute atomic E-state index is 0.0731. The van der Waals surface area contributed by atoms with E-state index in [1.54, 1.807) is 29.9 Å². The fraction of sp³-hybridized carbons (Fsp3) is 0.133. The van der Waals surface area contributed by atoms with Crippen LogP contribution in [-0.2, 0) is 6.54 Å². The van der Waals surface area contributed by atoms with E-state index in [9.17, 15) is 9.90 Å². The van der Waals surface area contributed by atoms with Crippen molar-refractivity contribution in [3.63, 3.8) is 0 Å². The molecule has 0 radical (unpaired) electrons. The Kier molecular flexibility index (Phi) is 2.95. The largest absolute Gasteiger partial charge is 0.506 e. The summed E-state index contributed by atoms with van der Waals surface area (Å²) in [5.41, 5.74) is 1.85. The maximum absolute atomic E-state index is 12.0. The predicted molar refractivity (Wildman–Crippen MR) is 76.3 cm³/mol. The van der Waals surface area contributed by atoms with Gasteiger partial charge in [0.05, 0.1) is 19.2 Å². The molecule has 2 N–H and O–H groups in total. The maximum Gasteiger partial charge on any atom is 0.326 e. The Bertz CT molecular complexity index is 817. The molecule has 0 aliphatic rings. The number of aromatic nitrogens is 2. The van der Waals surface area contributed by atoms with Gasteiger partial charge in [0.2, 0.25) is 0 Å². The zero-order valence-electron chi connectivity index (χ0n) is 11.0. The second-order valence-electron chi connectivity index (χ2n) is 4.54. The minimum atomic E-state index is -0.246. The number of H-pyrrole nitrogens is 1. The number of hydrogen-bond donors (Lipinski definition) is 2. The van der Waals surface area contributed by atoms with Crippen molar-refractivity contribution >= 4 is 11.0 Å². The molecule has 5 heteroatoms. The van der Waals surface area contributed by atoms with Crippen molar-refractivity contribution in [2.24, 2.45) is 0 Å². The number of para-hydroxylation sites is 1. The summed E-state index contributed by atoms with van der Waals surface area (Å²) >= 11 is 0. The molecule has 0 saturated heterocycles. The Balaban J connectivity index is 2.08. The summed E-state index contributed by atoms with van der Waals surface area (Å²) in [6.07, 6.45) is 0. The number of ether oxygens (including phenoxy) is 1. The van der Waals surface area contributed by atoms with Gasteiger partial charge in [0, 0.05) is 0 Å². The first-order valence-electron chi connectivity index (χ1n) is 6.22. The quantitative estimate of drug-likeness (QED) is 0.765. The Hall–Kier alpha value is -2.69. The Labute approximate surface area is 115 Å². The normalized spacial score (nSPS) is 10.8. The first-order chi connectivity index (χ1) is 9.69. The number of phenols is 1. The van der Waals surface area contributed by atoms with Gasteiger partial charge >= 0.3 is 5.69 Å². The van der Waals surface area contributed by atoms with Crippen LogP contribution in [0, 0.1) is 0 Å². The van der Waals surface area contributed by atoms with Crippen molar-refractivity contribution in [2.75, 3.05) is 7.11 Å². The van der Waals surface area contributed by atoms with E-state index in [2.05, 4.69) is 4.98 Å². The summed E-state index contributed by atoms with van der Waals surface area (Å²) in [6, 6.07) is 12.6. The summed E-state index contributed by atoms with van der Waals surface area (Å²) in [5.74, 6) is 0.822. The van der Waals surface area contributed by atoms with Crippen molar-refractivity contribution < 1.29 is 9.84 Å². The lowest BCUT2D eigenvalue weighted by molar-refractivity contribution is 0.414. The number of nitrogens with one attached hydrogen (secondary N) is 1. The van der Waals surface area contributed by atoms with Crippen LogP contribution in [0.2, 0.25) is 0 Å². The summed E-state index contributed by atoms with van der Waals surface area (Å²) in [5, 5.41) is 9.75. The summed E-state index contributed by atoms with van der Waals surface area (Å²) in [7, 11) is 1.61. The average molecular weight is 270 g/mol. The van der Waals surface area contributed by atoms with Gasteiger partial charge in [-0.15, -0.1) is 0 Å². The highest BCUT2D eigenvalue weighted by Crippen LogP contribution is 2.22. The van der Waals surface area contributed by atoms with Gasteiger partial charge in [0.25, 0.3) is 0 Å². The third kappa shape index (κ3) is 2.03. The third-order valence-electron chi connectivity index (χ3n) is 3.26. The second kappa shape index (κ2) is 4.77. The lowest BCUT2D eigenvalue weighted by Crippen LogP contribution is -2.17. The highest BCUT2D eigenvalue weighted by atomic mass is 16.5. The van der Waals surface area contributed by atoms with E-state index in [1.807, 2.05) is 24.3 Å². The molecule has 2 aromatic carbocycles. The molecule has 1 aromatic heterocycles. The van der Waals surface area contributed by atoms with Gasteiger partial charge in [0.15, 0.2) is 0 Å². The molecule has 0 saturated carbocycles. The van der Waals surface area contributed by atoms with Crippen molar-refractivity contribution in [2.45, 2.75) is 6.54 Å². The average Bonchev–Trinajstić information content (AvgIpc) is 2.78. The summed E-state index contributed by atoms with van der Waals surface area (Å²) in [6.45, 7) is 0.416. The Morgan fingerprint density at radius 2 is 2.05 bits per heavy atom. The number of rotatable bonds is 3. The van der Waals surface area contributed by atoms with Gasteiger partial charge < -0.3 is 14.8 Å². The van der Waals surface area contributed by atoms with Crippen molar-refractivity contribution in [1.29, 1.82) is 0 Å². The zero-order valence-corrected chi connectivity index (χ0v) is 11.0. The second-order valence-corrected chi connectivity index (χ2v) is 4.54. The number of phenolic OH excluding ortho intramolecular Hbond substituents is 1. The molecule has 0 spiro atoms. The molecule has 1 heterocycles. The predicted octanol–water partition coefficient (Wildman–Crippen LogP) is 2.09. The van der Waals surface area contributed by atoms with Crippen LogP contribution in [0.5, 0.6) is 11.5 Å². The maximum atomic E-state index is 12.0. The molecule has 20 heavy (non-hydrogen) atoms. The van der Waals surface area contributed by atoms with Crippen molar-refractivity contribution in [3.05, 3.63) is 58.5 Å². The number of aromatic hydroxyl groups is 1. The van der Waals surface area contributed by atoms with Crippen LogP contribution in [0.3, 0.4) is 0 Å². The number of fused-ring (bicyclic) bond motifs is 1. The van der Waals surface area contributed by atoms with Crippen LogP contribution >= 0.6 is 0 Å². The molecular weight excluding hydrogens is 256 g/mol. The molecule has 0 fully saturated rings. The molecule has 0 amide bonds. The van der Waals surface area contributed by atoms with Crippen LogP contribution in [0.1, 0.15) is 5.56 Å². The van der Waals surface area contributed by atoms with Gasteiger partial charge in [0.1, 0.15) is 17.0 Å². The molecular formula is C15H14N2O3. The van der Waals surface area contributed by atoms with E-state index in [4.69, 9.17) is 4.74 Å². The lowest BCUT2D eigenvalue weighted by atomic mass is 10.2. The molecule has 0 aliphatic heterocycles. The van der Waals surface area contributed by atoms with E-state index in [0.717, 1.165) is 11.3 Å². The van der Waals surface area contributed by atoms with Gasteiger partial charge in [-0.05, 0) is 29.8 Å². The SMILES string of the molecule is COc1cccc(Cn2c(=O)[nH]c3c(O)cccc32)c1. The first-order valence-corrected chi connectivity index (χ1v) is 6.22. The van der Waals surface area contributed by atoms with Crippen LogP contribution < -0.4 is 10.4 Å². The van der Waals surface area contributed by atoms with E-state index in [1.165, 1.54) is 0 Å². The fourth-order valence-electron chi connectivity index (χ4n) is 2.28. The van der Waals surface area contributed by atoms with E-state index in [0.29, 0.717) is 17.6 Å². The molecule has 102 valence electrons. The zero-order chi connectivity index (χ0) is 14.1. The molecule has 0 unspecified atom stereocenters. The van der Waals surface area contributed by atoms with Gasteiger partial charge in [-0.1, -0.05) is 18.2 Å². The Morgan fingerprint density at radius 3 is 2.85 bits per heavy atom. The molecule has 0 atom stereocenters. The van der Waals surface area contributed by atoms with Gasteiger partial charge in [-0.25, -0.2) is 4.79 Å². The van der Waals surface area contributed by atoms with E-state index >= 15 is 0 Å². The number of benzene rings is 2. The van der Waals surface area contributed by atoms with Gasteiger partial charge in [-0.2, -0.15) is 0 Å². The van der Waals surface area contributed by atoms with Crippen LogP contribution in [0.4, 0.5) is 0 Å². The molecule has 5 nitrogen and oxygen atoms in total. The number of methoxy groups -OCH3 is 1.